The molecule has 0 aromatic heterocycles. The Balaban J connectivity index is 1.62. The molecular formula is C20H15ClFN3O4S. The number of rotatable bonds is 6. The zero-order valence-electron chi connectivity index (χ0n) is 15.6. The van der Waals surface area contributed by atoms with Gasteiger partial charge in [-0.05, 0) is 41.6 Å². The third-order valence-electron chi connectivity index (χ3n) is 3.72. The number of thioether (sulfide) groups is 1. The summed E-state index contributed by atoms with van der Waals surface area (Å²) in [6, 6.07) is 11.4. The summed E-state index contributed by atoms with van der Waals surface area (Å²) in [5.41, 5.74) is 1.07. The Morgan fingerprint density at radius 2 is 2.13 bits per heavy atom. The van der Waals surface area contributed by atoms with Gasteiger partial charge in [-0.2, -0.15) is 5.10 Å². The van der Waals surface area contributed by atoms with Crippen LogP contribution in [0.4, 0.5) is 4.39 Å². The van der Waals surface area contributed by atoms with Gasteiger partial charge in [0.2, 0.25) is 0 Å². The normalized spacial score (nSPS) is 16.3. The number of amidine groups is 1. The van der Waals surface area contributed by atoms with Crippen LogP contribution >= 0.6 is 23.4 Å². The standard InChI is InChI=1S/C20H15ClFN3O4S/c1-28-18(26)9-17-19(27)24-20(30-17)25-23-10-12-3-2-4-15(7-12)29-11-13-5-6-14(21)8-16(13)22/h2-10H,11H2,1H3,(H,24,25,27)/b17-9+,23-10?. The topological polar surface area (TPSA) is 89.3 Å². The smallest absolute Gasteiger partial charge is 0.331 e. The molecule has 3 rings (SSSR count). The van der Waals surface area contributed by atoms with Crippen molar-refractivity contribution in [1.29, 1.82) is 0 Å². The van der Waals surface area contributed by atoms with Crippen molar-refractivity contribution in [2.45, 2.75) is 6.61 Å². The molecular weight excluding hydrogens is 433 g/mol. The number of nitrogens with zero attached hydrogens (tertiary/aromatic N) is 2. The number of halogens is 2. The van der Waals surface area contributed by atoms with Crippen molar-refractivity contribution >= 4 is 46.6 Å². The molecule has 0 saturated carbocycles. The third kappa shape index (κ3) is 5.91. The molecule has 0 spiro atoms. The Hall–Kier alpha value is -3.17. The minimum atomic E-state index is -0.632. The predicted octanol–water partition coefficient (Wildman–Crippen LogP) is 3.67. The van der Waals surface area contributed by atoms with Gasteiger partial charge in [-0.3, -0.25) is 10.1 Å². The Labute approximate surface area is 180 Å². The first-order chi connectivity index (χ1) is 14.4. The maximum Gasteiger partial charge on any atom is 0.331 e. The van der Waals surface area contributed by atoms with E-state index in [9.17, 15) is 14.0 Å². The quantitative estimate of drug-likeness (QED) is 0.316. The molecule has 2 aromatic rings. The SMILES string of the molecule is COC(=O)/C=C1/S/C(=N\N=Cc2cccc(OCc3ccc(Cl)cc3F)c2)NC1=O. The molecule has 1 fully saturated rings. The van der Waals surface area contributed by atoms with Gasteiger partial charge in [0.25, 0.3) is 5.91 Å². The summed E-state index contributed by atoms with van der Waals surface area (Å²) in [6.45, 7) is 0.0455. The second-order valence-corrected chi connectivity index (χ2v) is 7.30. The summed E-state index contributed by atoms with van der Waals surface area (Å²) in [5, 5.41) is 10.9. The second kappa shape index (κ2) is 10.0. The molecule has 1 aliphatic rings. The van der Waals surface area contributed by atoms with Crippen molar-refractivity contribution in [1.82, 2.24) is 5.32 Å². The van der Waals surface area contributed by atoms with Crippen molar-refractivity contribution in [3.63, 3.8) is 0 Å². The van der Waals surface area contributed by atoms with E-state index in [1.165, 1.54) is 19.4 Å². The summed E-state index contributed by atoms with van der Waals surface area (Å²) < 4.78 is 23.9. The largest absolute Gasteiger partial charge is 0.489 e. The molecule has 0 radical (unpaired) electrons. The summed E-state index contributed by atoms with van der Waals surface area (Å²) >= 11 is 6.72. The molecule has 7 nitrogen and oxygen atoms in total. The van der Waals surface area contributed by atoms with E-state index in [2.05, 4.69) is 20.3 Å². The van der Waals surface area contributed by atoms with E-state index in [4.69, 9.17) is 16.3 Å². The summed E-state index contributed by atoms with van der Waals surface area (Å²) in [4.78, 5) is 23.1. The fourth-order valence-electron chi connectivity index (χ4n) is 2.27. The number of hydrogen-bond acceptors (Lipinski definition) is 7. The summed E-state index contributed by atoms with van der Waals surface area (Å²) in [7, 11) is 1.22. The molecule has 1 N–H and O–H groups in total. The van der Waals surface area contributed by atoms with Crippen molar-refractivity contribution in [2.75, 3.05) is 7.11 Å². The molecule has 1 saturated heterocycles. The van der Waals surface area contributed by atoms with Gasteiger partial charge in [0.05, 0.1) is 18.2 Å². The lowest BCUT2D eigenvalue weighted by atomic mass is 10.2. The van der Waals surface area contributed by atoms with Crippen LogP contribution in [0.3, 0.4) is 0 Å². The zero-order valence-corrected chi connectivity index (χ0v) is 17.2. The predicted molar refractivity (Wildman–Crippen MR) is 113 cm³/mol. The van der Waals surface area contributed by atoms with Crippen LogP contribution in [0.25, 0.3) is 0 Å². The number of ether oxygens (including phenoxy) is 2. The Kier molecular flexibility index (Phi) is 7.21. The fourth-order valence-corrected chi connectivity index (χ4v) is 3.17. The molecule has 0 unspecified atom stereocenters. The Morgan fingerprint density at radius 3 is 2.90 bits per heavy atom. The Bertz CT molecular complexity index is 1070. The van der Waals surface area contributed by atoms with E-state index in [-0.39, 0.29) is 16.7 Å². The number of benzene rings is 2. The lowest BCUT2D eigenvalue weighted by Crippen LogP contribution is -2.19. The first-order valence-corrected chi connectivity index (χ1v) is 9.70. The van der Waals surface area contributed by atoms with Crippen LogP contribution in [0.2, 0.25) is 5.02 Å². The number of methoxy groups -OCH3 is 1. The van der Waals surface area contributed by atoms with Crippen LogP contribution in [-0.4, -0.2) is 30.4 Å². The second-order valence-electron chi connectivity index (χ2n) is 5.83. The van der Waals surface area contributed by atoms with E-state index in [0.717, 1.165) is 17.8 Å². The maximum atomic E-state index is 13.8. The molecule has 0 atom stereocenters. The van der Waals surface area contributed by atoms with E-state index < -0.39 is 17.7 Å². The highest BCUT2D eigenvalue weighted by atomic mass is 35.5. The van der Waals surface area contributed by atoms with Crippen molar-refractivity contribution < 1.29 is 23.5 Å². The van der Waals surface area contributed by atoms with Crippen LogP contribution in [0.1, 0.15) is 11.1 Å². The van der Waals surface area contributed by atoms with Gasteiger partial charge in [0, 0.05) is 16.7 Å². The average molecular weight is 448 g/mol. The van der Waals surface area contributed by atoms with Crippen LogP contribution in [0, 0.1) is 5.82 Å². The molecule has 30 heavy (non-hydrogen) atoms. The van der Waals surface area contributed by atoms with Gasteiger partial charge in [-0.1, -0.05) is 29.8 Å². The lowest BCUT2D eigenvalue weighted by Gasteiger charge is -2.08. The number of amides is 1. The number of hydrogen-bond donors (Lipinski definition) is 1. The first kappa shape index (κ1) is 21.5. The molecule has 0 bridgehead atoms. The average Bonchev–Trinajstić information content (AvgIpc) is 3.06. The van der Waals surface area contributed by atoms with E-state index in [1.807, 2.05) is 0 Å². The van der Waals surface area contributed by atoms with Gasteiger partial charge in [0.15, 0.2) is 5.17 Å². The van der Waals surface area contributed by atoms with E-state index >= 15 is 0 Å². The highest BCUT2D eigenvalue weighted by Gasteiger charge is 2.24. The molecule has 0 aliphatic carbocycles. The molecule has 1 heterocycles. The molecule has 2 aromatic carbocycles. The van der Waals surface area contributed by atoms with Gasteiger partial charge in [-0.15, -0.1) is 5.10 Å². The van der Waals surface area contributed by atoms with Crippen LogP contribution < -0.4 is 10.1 Å². The van der Waals surface area contributed by atoms with Crippen LogP contribution in [-0.2, 0) is 20.9 Å². The summed E-state index contributed by atoms with van der Waals surface area (Å²) in [5.74, 6) is -1.00. The van der Waals surface area contributed by atoms with Crippen LogP contribution in [0.5, 0.6) is 5.75 Å². The highest BCUT2D eigenvalue weighted by Crippen LogP contribution is 2.23. The Morgan fingerprint density at radius 1 is 1.30 bits per heavy atom. The van der Waals surface area contributed by atoms with Crippen molar-refractivity contribution in [2.24, 2.45) is 10.2 Å². The minimum Gasteiger partial charge on any atom is -0.489 e. The van der Waals surface area contributed by atoms with E-state index in [0.29, 0.717) is 21.9 Å². The van der Waals surface area contributed by atoms with Gasteiger partial charge in [0.1, 0.15) is 18.2 Å². The zero-order chi connectivity index (χ0) is 21.5. The van der Waals surface area contributed by atoms with Crippen molar-refractivity contribution in [3.8, 4) is 5.75 Å². The number of carbonyl (C=O) groups is 2. The minimum absolute atomic E-state index is 0.0455. The highest BCUT2D eigenvalue weighted by molar-refractivity contribution is 8.18. The number of esters is 1. The molecule has 10 heteroatoms. The maximum absolute atomic E-state index is 13.8. The monoisotopic (exact) mass is 447 g/mol. The molecule has 1 aliphatic heterocycles. The summed E-state index contributed by atoms with van der Waals surface area (Å²) in [6.07, 6.45) is 2.55. The third-order valence-corrected chi connectivity index (χ3v) is 4.86. The van der Waals surface area contributed by atoms with Crippen molar-refractivity contribution in [3.05, 3.63) is 75.4 Å². The van der Waals surface area contributed by atoms with Gasteiger partial charge >= 0.3 is 5.97 Å². The van der Waals surface area contributed by atoms with E-state index in [1.54, 1.807) is 36.4 Å². The van der Waals surface area contributed by atoms with Gasteiger partial charge < -0.3 is 9.47 Å². The number of nitrogens with one attached hydrogen (secondary N) is 1. The molecule has 154 valence electrons. The fraction of sp³-hybridized carbons (Fsp3) is 0.100. The number of carbonyl (C=O) groups excluding carboxylic acids is 2. The van der Waals surface area contributed by atoms with Gasteiger partial charge in [-0.25, -0.2) is 9.18 Å². The molecule has 1 amide bonds. The van der Waals surface area contributed by atoms with Crippen LogP contribution in [0.15, 0.2) is 63.6 Å². The first-order valence-electron chi connectivity index (χ1n) is 8.51. The lowest BCUT2D eigenvalue weighted by molar-refractivity contribution is -0.135.